The van der Waals surface area contributed by atoms with Gasteiger partial charge in [-0.2, -0.15) is 0 Å². The van der Waals surface area contributed by atoms with Crippen molar-refractivity contribution in [1.29, 1.82) is 0 Å². The molecule has 1 aliphatic heterocycles. The monoisotopic (exact) mass is 333 g/mol. The number of benzene rings is 1. The van der Waals surface area contributed by atoms with Gasteiger partial charge in [-0.25, -0.2) is 0 Å². The molecular formula is C19H27NO4. The number of methoxy groups -OCH3 is 1. The maximum atomic E-state index is 12.6. The van der Waals surface area contributed by atoms with Crippen LogP contribution in [0, 0.1) is 5.92 Å². The van der Waals surface area contributed by atoms with Crippen LogP contribution in [-0.2, 0) is 20.7 Å². The van der Waals surface area contributed by atoms with E-state index in [0.717, 1.165) is 12.8 Å². The quantitative estimate of drug-likeness (QED) is 0.703. The first-order chi connectivity index (χ1) is 11.7. The Morgan fingerprint density at radius 2 is 2.04 bits per heavy atom. The van der Waals surface area contributed by atoms with Gasteiger partial charge in [-0.3, -0.25) is 9.59 Å². The lowest BCUT2D eigenvalue weighted by Crippen LogP contribution is -2.37. The molecular weight excluding hydrogens is 306 g/mol. The van der Waals surface area contributed by atoms with Crippen LogP contribution in [0.5, 0.6) is 0 Å². The summed E-state index contributed by atoms with van der Waals surface area (Å²) in [6, 6.07) is 10.1. The molecule has 2 atom stereocenters. The molecule has 1 aliphatic rings. The first-order valence-corrected chi connectivity index (χ1v) is 8.67. The third-order valence-corrected chi connectivity index (χ3v) is 4.71. The van der Waals surface area contributed by atoms with Crippen LogP contribution >= 0.6 is 0 Å². The highest BCUT2D eigenvalue weighted by Crippen LogP contribution is 2.29. The minimum atomic E-state index is -0.237. The van der Waals surface area contributed by atoms with Crippen LogP contribution in [-0.4, -0.2) is 48.2 Å². The molecule has 1 fully saturated rings. The second-order valence-electron chi connectivity index (χ2n) is 6.36. The number of aryl methyl sites for hydroxylation is 1. The molecule has 1 amide bonds. The fourth-order valence-electron chi connectivity index (χ4n) is 3.37. The number of ether oxygens (including phenoxy) is 1. The van der Waals surface area contributed by atoms with E-state index in [-0.39, 0.29) is 30.4 Å². The SMILES string of the molecule is COC(=O)CCCC1CC(CO)N(CCCc2ccccc2)C1=O. The number of rotatable bonds is 9. The predicted octanol–water partition coefficient (Wildman–Crippen LogP) is 2.17. The summed E-state index contributed by atoms with van der Waals surface area (Å²) in [4.78, 5) is 25.6. The highest BCUT2D eigenvalue weighted by Gasteiger charge is 2.38. The number of esters is 1. The number of aliphatic hydroxyl groups excluding tert-OH is 1. The Morgan fingerprint density at radius 3 is 2.71 bits per heavy atom. The van der Waals surface area contributed by atoms with Gasteiger partial charge in [-0.15, -0.1) is 0 Å². The van der Waals surface area contributed by atoms with Gasteiger partial charge < -0.3 is 14.7 Å². The normalized spacial score (nSPS) is 20.4. The van der Waals surface area contributed by atoms with Gasteiger partial charge in [0.1, 0.15) is 0 Å². The van der Waals surface area contributed by atoms with Crippen LogP contribution in [0.4, 0.5) is 0 Å². The minimum Gasteiger partial charge on any atom is -0.469 e. The fraction of sp³-hybridized carbons (Fsp3) is 0.579. The molecule has 2 rings (SSSR count). The number of hydrogen-bond acceptors (Lipinski definition) is 4. The number of carbonyl (C=O) groups is 2. The molecule has 0 saturated carbocycles. The number of carbonyl (C=O) groups excluding carboxylic acids is 2. The maximum absolute atomic E-state index is 12.6. The second-order valence-corrected chi connectivity index (χ2v) is 6.36. The number of amides is 1. The lowest BCUT2D eigenvalue weighted by Gasteiger charge is -2.23. The van der Waals surface area contributed by atoms with E-state index in [4.69, 9.17) is 0 Å². The van der Waals surface area contributed by atoms with Gasteiger partial charge in [0.25, 0.3) is 0 Å². The third kappa shape index (κ3) is 5.06. The van der Waals surface area contributed by atoms with Gasteiger partial charge in [0.15, 0.2) is 0 Å². The van der Waals surface area contributed by atoms with E-state index in [1.807, 2.05) is 23.1 Å². The standard InChI is InChI=1S/C19H27NO4/c1-24-18(22)11-5-10-16-13-17(14-21)20(19(16)23)12-6-9-15-7-3-2-4-8-15/h2-4,7-8,16-17,21H,5-6,9-14H2,1H3. The van der Waals surface area contributed by atoms with E-state index in [1.165, 1.54) is 12.7 Å². The molecule has 0 bridgehead atoms. The van der Waals surface area contributed by atoms with E-state index in [0.29, 0.717) is 32.2 Å². The van der Waals surface area contributed by atoms with E-state index < -0.39 is 0 Å². The number of likely N-dealkylation sites (tertiary alicyclic amines) is 1. The lowest BCUT2D eigenvalue weighted by molar-refractivity contribution is -0.141. The zero-order valence-corrected chi connectivity index (χ0v) is 14.3. The largest absolute Gasteiger partial charge is 0.469 e. The summed E-state index contributed by atoms with van der Waals surface area (Å²) in [5.41, 5.74) is 1.26. The van der Waals surface area contributed by atoms with Crippen LogP contribution in [0.2, 0.25) is 0 Å². The van der Waals surface area contributed by atoms with Gasteiger partial charge in [0.05, 0.1) is 19.8 Å². The van der Waals surface area contributed by atoms with Crippen molar-refractivity contribution in [2.45, 2.75) is 44.6 Å². The van der Waals surface area contributed by atoms with Crippen molar-refractivity contribution in [2.24, 2.45) is 5.92 Å². The second kappa shape index (κ2) is 9.42. The average Bonchev–Trinajstić information content (AvgIpc) is 2.91. The van der Waals surface area contributed by atoms with Gasteiger partial charge in [-0.05, 0) is 37.7 Å². The van der Waals surface area contributed by atoms with E-state index >= 15 is 0 Å². The summed E-state index contributed by atoms with van der Waals surface area (Å²) in [5.74, 6) is -0.200. The summed E-state index contributed by atoms with van der Waals surface area (Å²) in [6.07, 6.45) is 4.18. The molecule has 1 saturated heterocycles. The molecule has 132 valence electrons. The van der Waals surface area contributed by atoms with Gasteiger partial charge in [0, 0.05) is 18.9 Å². The van der Waals surface area contributed by atoms with E-state index in [1.54, 1.807) is 0 Å². The Labute approximate surface area is 143 Å². The maximum Gasteiger partial charge on any atom is 0.305 e. The van der Waals surface area contributed by atoms with Crippen LogP contribution < -0.4 is 0 Å². The zero-order chi connectivity index (χ0) is 17.4. The van der Waals surface area contributed by atoms with Crippen LogP contribution in [0.3, 0.4) is 0 Å². The van der Waals surface area contributed by atoms with Crippen molar-refractivity contribution < 1.29 is 19.4 Å². The molecule has 1 heterocycles. The molecule has 0 aliphatic carbocycles. The fourth-order valence-corrected chi connectivity index (χ4v) is 3.37. The first-order valence-electron chi connectivity index (χ1n) is 8.67. The molecule has 1 aromatic carbocycles. The van der Waals surface area contributed by atoms with Crippen LogP contribution in [0.15, 0.2) is 30.3 Å². The molecule has 0 radical (unpaired) electrons. The topological polar surface area (TPSA) is 66.8 Å². The van der Waals surface area contributed by atoms with Crippen molar-refractivity contribution in [3.63, 3.8) is 0 Å². The summed E-state index contributed by atoms with van der Waals surface area (Å²) >= 11 is 0. The van der Waals surface area contributed by atoms with E-state index in [2.05, 4.69) is 16.9 Å². The van der Waals surface area contributed by atoms with Gasteiger partial charge >= 0.3 is 5.97 Å². The number of hydrogen-bond donors (Lipinski definition) is 1. The van der Waals surface area contributed by atoms with Crippen molar-refractivity contribution in [2.75, 3.05) is 20.3 Å². The molecule has 24 heavy (non-hydrogen) atoms. The average molecular weight is 333 g/mol. The Kier molecular flexibility index (Phi) is 7.25. The highest BCUT2D eigenvalue weighted by atomic mass is 16.5. The van der Waals surface area contributed by atoms with Crippen molar-refractivity contribution in [1.82, 2.24) is 4.90 Å². The smallest absolute Gasteiger partial charge is 0.305 e. The summed E-state index contributed by atoms with van der Waals surface area (Å²) in [7, 11) is 1.37. The van der Waals surface area contributed by atoms with E-state index in [9.17, 15) is 14.7 Å². The summed E-state index contributed by atoms with van der Waals surface area (Å²) in [5, 5.41) is 9.57. The zero-order valence-electron chi connectivity index (χ0n) is 14.3. The Morgan fingerprint density at radius 1 is 1.29 bits per heavy atom. The van der Waals surface area contributed by atoms with Gasteiger partial charge in [-0.1, -0.05) is 30.3 Å². The molecule has 0 aromatic heterocycles. The predicted molar refractivity (Wildman–Crippen MR) is 91.3 cm³/mol. The molecule has 5 heteroatoms. The minimum absolute atomic E-state index is 0.00454. The molecule has 1 aromatic rings. The van der Waals surface area contributed by atoms with Crippen molar-refractivity contribution >= 4 is 11.9 Å². The van der Waals surface area contributed by atoms with Crippen molar-refractivity contribution in [3.8, 4) is 0 Å². The number of aliphatic hydroxyl groups is 1. The number of nitrogens with zero attached hydrogens (tertiary/aromatic N) is 1. The van der Waals surface area contributed by atoms with Crippen LogP contribution in [0.1, 0.15) is 37.7 Å². The first kappa shape index (κ1) is 18.5. The van der Waals surface area contributed by atoms with Gasteiger partial charge in [0.2, 0.25) is 5.91 Å². The molecule has 2 unspecified atom stereocenters. The Bertz CT molecular complexity index is 531. The van der Waals surface area contributed by atoms with Crippen LogP contribution in [0.25, 0.3) is 0 Å². The summed E-state index contributed by atoms with van der Waals surface area (Å²) in [6.45, 7) is 0.678. The molecule has 5 nitrogen and oxygen atoms in total. The summed E-state index contributed by atoms with van der Waals surface area (Å²) < 4.78 is 4.63. The molecule has 1 N–H and O–H groups in total. The Hall–Kier alpha value is -1.88. The Balaban J connectivity index is 1.80. The highest BCUT2D eigenvalue weighted by molar-refractivity contribution is 5.81. The van der Waals surface area contributed by atoms with Crippen molar-refractivity contribution in [3.05, 3.63) is 35.9 Å². The third-order valence-electron chi connectivity index (χ3n) is 4.71. The lowest BCUT2D eigenvalue weighted by atomic mass is 9.98. The molecule has 0 spiro atoms.